The fourth-order valence-corrected chi connectivity index (χ4v) is 6.64. The summed E-state index contributed by atoms with van der Waals surface area (Å²) < 4.78 is 33.4. The van der Waals surface area contributed by atoms with Crippen LogP contribution >= 0.6 is 23.2 Å². The van der Waals surface area contributed by atoms with Gasteiger partial charge in [0.1, 0.15) is 0 Å². The summed E-state index contributed by atoms with van der Waals surface area (Å²) >= 11 is 12.0. The third kappa shape index (κ3) is 5.84. The van der Waals surface area contributed by atoms with Crippen LogP contribution in [0.1, 0.15) is 25.5 Å². The molecule has 12 heteroatoms. The van der Waals surface area contributed by atoms with Gasteiger partial charge in [-0.25, -0.2) is 18.0 Å². The van der Waals surface area contributed by atoms with E-state index in [0.29, 0.717) is 40.0 Å². The first-order chi connectivity index (χ1) is 18.0. The number of rotatable bonds is 7. The van der Waals surface area contributed by atoms with Crippen LogP contribution in [0.15, 0.2) is 64.7 Å². The lowest BCUT2D eigenvalue weighted by Crippen LogP contribution is -2.56. The molecule has 9 nitrogen and oxygen atoms in total. The Morgan fingerprint density at radius 1 is 1.05 bits per heavy atom. The Bertz CT molecular complexity index is 1330. The van der Waals surface area contributed by atoms with Gasteiger partial charge < -0.3 is 10.1 Å². The minimum Gasteiger partial charge on any atom is -0.463 e. The smallest absolute Gasteiger partial charge is 0.338 e. The van der Waals surface area contributed by atoms with Crippen molar-refractivity contribution in [2.75, 3.05) is 39.8 Å². The molecule has 2 amide bonds. The highest BCUT2D eigenvalue weighted by atomic mass is 35.5. The lowest BCUT2D eigenvalue weighted by Gasteiger charge is -2.41. The molecule has 2 atom stereocenters. The molecule has 0 bridgehead atoms. The van der Waals surface area contributed by atoms with E-state index in [4.69, 9.17) is 27.9 Å². The predicted octanol–water partition coefficient (Wildman–Crippen LogP) is 3.90. The van der Waals surface area contributed by atoms with Gasteiger partial charge >= 0.3 is 12.0 Å². The molecule has 0 spiro atoms. The number of ether oxygens (including phenoxy) is 1. The average molecular weight is 582 g/mol. The van der Waals surface area contributed by atoms with Crippen molar-refractivity contribution in [3.05, 3.63) is 75.4 Å². The average Bonchev–Trinajstić information content (AvgIpc) is 2.87. The molecule has 204 valence electrons. The van der Waals surface area contributed by atoms with Gasteiger partial charge in [-0.15, -0.1) is 0 Å². The van der Waals surface area contributed by atoms with Gasteiger partial charge in [0.15, 0.2) is 0 Å². The molecule has 0 saturated carbocycles. The second-order valence-corrected chi connectivity index (χ2v) is 12.0. The first kappa shape index (κ1) is 28.4. The number of halogens is 2. The third-order valence-electron chi connectivity index (χ3n) is 6.72. The number of urea groups is 1. The quantitative estimate of drug-likeness (QED) is 0.498. The van der Waals surface area contributed by atoms with Gasteiger partial charge in [-0.1, -0.05) is 35.3 Å². The van der Waals surface area contributed by atoms with Crippen molar-refractivity contribution < 1.29 is 22.7 Å². The molecule has 2 aliphatic rings. The Morgan fingerprint density at radius 3 is 2.24 bits per heavy atom. The molecule has 1 fully saturated rings. The minimum absolute atomic E-state index is 0.179. The van der Waals surface area contributed by atoms with Crippen molar-refractivity contribution in [3.8, 4) is 0 Å². The van der Waals surface area contributed by atoms with E-state index in [1.165, 1.54) is 21.3 Å². The number of hydrogen-bond donors (Lipinski definition) is 1. The molecule has 1 saturated heterocycles. The number of nitrogens with one attached hydrogen (secondary N) is 1. The number of likely N-dealkylation sites (N-methyl/N-ethyl adjacent to an activating group) is 1. The molecule has 4 rings (SSSR count). The first-order valence-electron chi connectivity index (χ1n) is 12.2. The van der Waals surface area contributed by atoms with E-state index in [9.17, 15) is 18.0 Å². The van der Waals surface area contributed by atoms with Crippen LogP contribution in [0.25, 0.3) is 0 Å². The first-order valence-corrected chi connectivity index (χ1v) is 14.4. The molecule has 0 unspecified atom stereocenters. The summed E-state index contributed by atoms with van der Waals surface area (Å²) in [6, 6.07) is 11.6. The lowest BCUT2D eigenvalue weighted by molar-refractivity contribution is -0.139. The van der Waals surface area contributed by atoms with E-state index in [-0.39, 0.29) is 36.7 Å². The molecular formula is C26H30Cl2N4O5S. The molecular weight excluding hydrogens is 551 g/mol. The number of amides is 2. The highest BCUT2D eigenvalue weighted by molar-refractivity contribution is 7.89. The van der Waals surface area contributed by atoms with Crippen LogP contribution in [0.2, 0.25) is 10.0 Å². The molecule has 38 heavy (non-hydrogen) atoms. The van der Waals surface area contributed by atoms with Crippen LogP contribution in [0.3, 0.4) is 0 Å². The van der Waals surface area contributed by atoms with E-state index in [2.05, 4.69) is 5.32 Å². The number of esters is 1. The second kappa shape index (κ2) is 11.6. The zero-order valence-electron chi connectivity index (χ0n) is 21.4. The zero-order valence-corrected chi connectivity index (χ0v) is 23.7. The maximum absolute atomic E-state index is 13.3. The Balaban J connectivity index is 1.62. The number of carbonyl (C=O) groups excluding carboxylic acids is 2. The monoisotopic (exact) mass is 580 g/mol. The number of piperazine rings is 1. The molecule has 2 aromatic carbocycles. The van der Waals surface area contributed by atoms with Gasteiger partial charge in [0.2, 0.25) is 10.0 Å². The van der Waals surface area contributed by atoms with E-state index >= 15 is 0 Å². The van der Waals surface area contributed by atoms with Gasteiger partial charge in [0.25, 0.3) is 0 Å². The molecule has 0 aromatic heterocycles. The topological polar surface area (TPSA) is 99.3 Å². The Morgan fingerprint density at radius 2 is 1.66 bits per heavy atom. The van der Waals surface area contributed by atoms with E-state index in [0.717, 1.165) is 0 Å². The summed E-state index contributed by atoms with van der Waals surface area (Å²) in [6.07, 6.45) is 0. The summed E-state index contributed by atoms with van der Waals surface area (Å²) in [6.45, 7) is 5.09. The zero-order chi connectivity index (χ0) is 27.6. The van der Waals surface area contributed by atoms with Crippen LogP contribution in [-0.2, 0) is 19.6 Å². The molecule has 2 heterocycles. The van der Waals surface area contributed by atoms with Crippen LogP contribution in [-0.4, -0.2) is 80.4 Å². The Kier molecular flexibility index (Phi) is 8.68. The molecule has 0 aliphatic carbocycles. The van der Waals surface area contributed by atoms with Crippen molar-refractivity contribution in [3.63, 3.8) is 0 Å². The summed E-state index contributed by atoms with van der Waals surface area (Å²) in [7, 11) is -2.10. The fourth-order valence-electron chi connectivity index (χ4n) is 4.77. The molecule has 2 aromatic rings. The van der Waals surface area contributed by atoms with Gasteiger partial charge in [0, 0.05) is 55.0 Å². The van der Waals surface area contributed by atoms with Crippen molar-refractivity contribution >= 4 is 45.2 Å². The fraction of sp³-hybridized carbons (Fsp3) is 0.385. The van der Waals surface area contributed by atoms with E-state index < -0.39 is 22.0 Å². The SMILES string of the molecule is CCOC(=O)C1=C(CN2CCN(S(=O)(=O)c3ccc(Cl)cc3)[C@H](C)C2)N(C)C(=O)N[C@@H]1c1ccc(Cl)cc1. The second-order valence-electron chi connectivity index (χ2n) is 9.23. The van der Waals surface area contributed by atoms with Gasteiger partial charge in [0.05, 0.1) is 23.1 Å². The van der Waals surface area contributed by atoms with E-state index in [1.807, 2.05) is 11.8 Å². The maximum Gasteiger partial charge on any atom is 0.338 e. The van der Waals surface area contributed by atoms with Gasteiger partial charge in [-0.2, -0.15) is 4.31 Å². The maximum atomic E-state index is 13.3. The van der Waals surface area contributed by atoms with Gasteiger partial charge in [-0.3, -0.25) is 9.80 Å². The summed E-state index contributed by atoms with van der Waals surface area (Å²) in [5.74, 6) is -0.522. The molecule has 2 aliphatic heterocycles. The summed E-state index contributed by atoms with van der Waals surface area (Å²) in [4.78, 5) is 29.8. The largest absolute Gasteiger partial charge is 0.463 e. The highest BCUT2D eigenvalue weighted by Crippen LogP contribution is 2.33. The Hall–Kier alpha value is -2.63. The standard InChI is InChI=1S/C26H30Cl2N4O5S/c1-4-37-25(33)23-22(30(3)26(34)29-24(23)18-5-7-19(27)8-6-18)16-31-13-14-32(17(2)15-31)38(35,36)21-11-9-20(28)10-12-21/h5-12,17,24H,4,13-16H2,1-3H3,(H,29,34)/t17-,24-/m1/s1. The van der Waals surface area contributed by atoms with Crippen molar-refractivity contribution in [1.82, 2.24) is 19.4 Å². The number of carbonyl (C=O) groups is 2. The number of hydrogen-bond acceptors (Lipinski definition) is 6. The molecule has 0 radical (unpaired) electrons. The number of benzene rings is 2. The van der Waals surface area contributed by atoms with Crippen molar-refractivity contribution in [2.24, 2.45) is 0 Å². The van der Waals surface area contributed by atoms with Gasteiger partial charge in [-0.05, 0) is 55.8 Å². The van der Waals surface area contributed by atoms with Crippen LogP contribution in [0.4, 0.5) is 4.79 Å². The van der Waals surface area contributed by atoms with Crippen LogP contribution in [0, 0.1) is 0 Å². The Labute approximate surface area is 233 Å². The molecule has 1 N–H and O–H groups in total. The number of sulfonamides is 1. The highest BCUT2D eigenvalue weighted by Gasteiger charge is 2.39. The number of nitrogens with zero attached hydrogens (tertiary/aromatic N) is 3. The third-order valence-corrected chi connectivity index (χ3v) is 9.25. The van der Waals surface area contributed by atoms with E-state index in [1.54, 1.807) is 50.4 Å². The lowest BCUT2D eigenvalue weighted by atomic mass is 9.94. The minimum atomic E-state index is -3.71. The van der Waals surface area contributed by atoms with Crippen LogP contribution < -0.4 is 5.32 Å². The summed E-state index contributed by atoms with van der Waals surface area (Å²) in [5, 5.41) is 3.89. The summed E-state index contributed by atoms with van der Waals surface area (Å²) in [5.41, 5.74) is 1.54. The van der Waals surface area contributed by atoms with Crippen LogP contribution in [0.5, 0.6) is 0 Å². The predicted molar refractivity (Wildman–Crippen MR) is 145 cm³/mol. The van der Waals surface area contributed by atoms with Crippen molar-refractivity contribution in [2.45, 2.75) is 30.8 Å². The normalized spacial score (nSPS) is 21.4. The van der Waals surface area contributed by atoms with Crippen molar-refractivity contribution in [1.29, 1.82) is 0 Å².